The number of benzene rings is 1. The average Bonchev–Trinajstić information content (AvgIpc) is 2.25. The average molecular weight is 205 g/mol. The minimum atomic E-state index is -0.192. The Hall–Kier alpha value is -1.33. The molecule has 1 N–H and O–H groups in total. The highest BCUT2D eigenvalue weighted by Gasteiger charge is 2.03. The zero-order valence-corrected chi connectivity index (χ0v) is 9.18. The van der Waals surface area contributed by atoms with E-state index >= 15 is 0 Å². The molecule has 0 spiro atoms. The topological polar surface area (TPSA) is 12.0 Å². The Kier molecular flexibility index (Phi) is 4.86. The van der Waals surface area contributed by atoms with Gasteiger partial charge in [-0.25, -0.2) is 4.39 Å². The fourth-order valence-electron chi connectivity index (χ4n) is 1.35. The van der Waals surface area contributed by atoms with E-state index in [1.54, 1.807) is 12.1 Å². The largest absolute Gasteiger partial charge is 0.309 e. The summed E-state index contributed by atoms with van der Waals surface area (Å²) in [6.07, 6.45) is 0.849. The summed E-state index contributed by atoms with van der Waals surface area (Å²) in [6, 6.07) is 6.82. The zero-order chi connectivity index (χ0) is 11.1. The van der Waals surface area contributed by atoms with Crippen LogP contribution in [0.5, 0.6) is 0 Å². The van der Waals surface area contributed by atoms with Crippen LogP contribution in [0.15, 0.2) is 24.3 Å². The van der Waals surface area contributed by atoms with Gasteiger partial charge in [0.25, 0.3) is 0 Å². The zero-order valence-electron chi connectivity index (χ0n) is 9.18. The molecule has 0 fully saturated rings. The molecular weight excluding hydrogens is 189 g/mol. The molecular formula is C13H16FN. The summed E-state index contributed by atoms with van der Waals surface area (Å²) in [7, 11) is 0. The van der Waals surface area contributed by atoms with Crippen LogP contribution in [0, 0.1) is 17.7 Å². The summed E-state index contributed by atoms with van der Waals surface area (Å²) in [5.41, 5.74) is 1.10. The Balaban J connectivity index is 2.41. The molecule has 0 bridgehead atoms. The Morgan fingerprint density at radius 2 is 2.00 bits per heavy atom. The van der Waals surface area contributed by atoms with Gasteiger partial charge in [-0.1, -0.05) is 12.1 Å². The lowest BCUT2D eigenvalue weighted by atomic mass is 10.1. The third-order valence-electron chi connectivity index (χ3n) is 2.25. The molecule has 1 rings (SSSR count). The first-order chi connectivity index (χ1) is 7.24. The number of nitrogens with one attached hydrogen (secondary N) is 1. The molecule has 0 heterocycles. The number of halogens is 1. The molecule has 0 aromatic heterocycles. The van der Waals surface area contributed by atoms with Crippen molar-refractivity contribution in [3.05, 3.63) is 35.6 Å². The molecule has 0 aliphatic heterocycles. The van der Waals surface area contributed by atoms with Crippen LogP contribution < -0.4 is 5.32 Å². The van der Waals surface area contributed by atoms with Crippen molar-refractivity contribution in [2.24, 2.45) is 0 Å². The molecule has 1 nitrogen and oxygen atoms in total. The highest BCUT2D eigenvalue weighted by Crippen LogP contribution is 2.12. The molecule has 1 unspecified atom stereocenters. The van der Waals surface area contributed by atoms with E-state index in [2.05, 4.69) is 24.1 Å². The fourth-order valence-corrected chi connectivity index (χ4v) is 1.35. The van der Waals surface area contributed by atoms with Gasteiger partial charge in [-0.05, 0) is 31.5 Å². The van der Waals surface area contributed by atoms with Crippen molar-refractivity contribution in [2.75, 3.05) is 6.54 Å². The molecule has 15 heavy (non-hydrogen) atoms. The van der Waals surface area contributed by atoms with Crippen LogP contribution in [-0.4, -0.2) is 6.54 Å². The molecule has 1 atom stereocenters. The Labute approximate surface area is 90.7 Å². The van der Waals surface area contributed by atoms with Crippen molar-refractivity contribution < 1.29 is 4.39 Å². The normalized spacial score (nSPS) is 11.7. The minimum absolute atomic E-state index is 0.192. The van der Waals surface area contributed by atoms with E-state index < -0.39 is 0 Å². The lowest BCUT2D eigenvalue weighted by Crippen LogP contribution is -2.19. The van der Waals surface area contributed by atoms with Crippen LogP contribution in [0.1, 0.15) is 31.9 Å². The van der Waals surface area contributed by atoms with E-state index in [4.69, 9.17) is 0 Å². The maximum absolute atomic E-state index is 12.7. The van der Waals surface area contributed by atoms with Crippen LogP contribution >= 0.6 is 0 Å². The number of hydrogen-bond donors (Lipinski definition) is 1. The highest BCUT2D eigenvalue weighted by molar-refractivity contribution is 5.19. The quantitative estimate of drug-likeness (QED) is 0.588. The van der Waals surface area contributed by atoms with Gasteiger partial charge in [-0.3, -0.25) is 0 Å². The first-order valence-corrected chi connectivity index (χ1v) is 5.12. The molecule has 0 amide bonds. The SMILES string of the molecule is CC#CCCNC(C)c1ccc(F)cc1. The van der Waals surface area contributed by atoms with E-state index in [0.29, 0.717) is 0 Å². The molecule has 1 aromatic carbocycles. The molecule has 1 aromatic rings. The standard InChI is InChI=1S/C13H16FN/c1-3-4-5-10-15-11(2)12-6-8-13(14)9-7-12/h6-9,11,15H,5,10H2,1-2H3. The van der Waals surface area contributed by atoms with Crippen molar-refractivity contribution in [1.29, 1.82) is 0 Å². The van der Waals surface area contributed by atoms with E-state index in [-0.39, 0.29) is 11.9 Å². The summed E-state index contributed by atoms with van der Waals surface area (Å²) >= 11 is 0. The second-order valence-corrected chi connectivity index (χ2v) is 3.40. The van der Waals surface area contributed by atoms with E-state index in [1.165, 1.54) is 12.1 Å². The van der Waals surface area contributed by atoms with Crippen molar-refractivity contribution in [3.63, 3.8) is 0 Å². The molecule has 0 aliphatic rings. The number of hydrogen-bond acceptors (Lipinski definition) is 1. The van der Waals surface area contributed by atoms with Gasteiger partial charge in [0.15, 0.2) is 0 Å². The van der Waals surface area contributed by atoms with Gasteiger partial charge in [0, 0.05) is 19.0 Å². The third-order valence-corrected chi connectivity index (χ3v) is 2.25. The predicted molar refractivity (Wildman–Crippen MR) is 60.9 cm³/mol. The summed E-state index contributed by atoms with van der Waals surface area (Å²) in [6.45, 7) is 4.76. The van der Waals surface area contributed by atoms with Gasteiger partial charge in [-0.15, -0.1) is 11.8 Å². The molecule has 0 saturated heterocycles. The summed E-state index contributed by atoms with van der Waals surface area (Å²) in [5, 5.41) is 3.33. The molecule has 0 saturated carbocycles. The van der Waals surface area contributed by atoms with E-state index in [9.17, 15) is 4.39 Å². The van der Waals surface area contributed by atoms with Crippen molar-refractivity contribution in [2.45, 2.75) is 26.3 Å². The van der Waals surface area contributed by atoms with Gasteiger partial charge in [-0.2, -0.15) is 0 Å². The lowest BCUT2D eigenvalue weighted by molar-refractivity contribution is 0.580. The van der Waals surface area contributed by atoms with Crippen LogP contribution in [-0.2, 0) is 0 Å². The van der Waals surface area contributed by atoms with Crippen LogP contribution in [0.3, 0.4) is 0 Å². The number of rotatable bonds is 4. The Bertz CT molecular complexity index is 345. The molecule has 2 heteroatoms. The van der Waals surface area contributed by atoms with Gasteiger partial charge in [0.2, 0.25) is 0 Å². The fraction of sp³-hybridized carbons (Fsp3) is 0.385. The van der Waals surface area contributed by atoms with Crippen molar-refractivity contribution in [3.8, 4) is 11.8 Å². The first kappa shape index (κ1) is 11.7. The maximum Gasteiger partial charge on any atom is 0.123 e. The second-order valence-electron chi connectivity index (χ2n) is 3.40. The van der Waals surface area contributed by atoms with Gasteiger partial charge < -0.3 is 5.32 Å². The van der Waals surface area contributed by atoms with Crippen molar-refractivity contribution in [1.82, 2.24) is 5.32 Å². The molecule has 80 valence electrons. The second kappa shape index (κ2) is 6.21. The molecule has 0 aliphatic carbocycles. The Morgan fingerprint density at radius 3 is 2.60 bits per heavy atom. The van der Waals surface area contributed by atoms with Gasteiger partial charge in [0.1, 0.15) is 5.82 Å². The van der Waals surface area contributed by atoms with E-state index in [0.717, 1.165) is 18.5 Å². The van der Waals surface area contributed by atoms with Crippen LogP contribution in [0.2, 0.25) is 0 Å². The van der Waals surface area contributed by atoms with Gasteiger partial charge >= 0.3 is 0 Å². The lowest BCUT2D eigenvalue weighted by Gasteiger charge is -2.12. The summed E-state index contributed by atoms with van der Waals surface area (Å²) < 4.78 is 12.7. The van der Waals surface area contributed by atoms with Crippen LogP contribution in [0.25, 0.3) is 0 Å². The van der Waals surface area contributed by atoms with Crippen molar-refractivity contribution >= 4 is 0 Å². The molecule has 0 radical (unpaired) electrons. The predicted octanol–water partition coefficient (Wildman–Crippen LogP) is 2.89. The highest BCUT2D eigenvalue weighted by atomic mass is 19.1. The van der Waals surface area contributed by atoms with Crippen LogP contribution in [0.4, 0.5) is 4.39 Å². The maximum atomic E-state index is 12.7. The summed E-state index contributed by atoms with van der Waals surface area (Å²) in [4.78, 5) is 0. The first-order valence-electron chi connectivity index (χ1n) is 5.12. The third kappa shape index (κ3) is 4.14. The van der Waals surface area contributed by atoms with E-state index in [1.807, 2.05) is 6.92 Å². The Morgan fingerprint density at radius 1 is 1.33 bits per heavy atom. The smallest absolute Gasteiger partial charge is 0.123 e. The monoisotopic (exact) mass is 205 g/mol. The summed E-state index contributed by atoms with van der Waals surface area (Å²) in [5.74, 6) is 5.65. The van der Waals surface area contributed by atoms with Gasteiger partial charge in [0.05, 0.1) is 0 Å². The minimum Gasteiger partial charge on any atom is -0.309 e.